The Morgan fingerprint density at radius 1 is 1.15 bits per heavy atom. The molecule has 1 aliphatic carbocycles. The molecule has 178 valence electrons. The van der Waals surface area contributed by atoms with Gasteiger partial charge in [0.05, 0.1) is 6.20 Å². The lowest BCUT2D eigenvalue weighted by atomic mass is 9.90. The maximum absolute atomic E-state index is 13.9. The Balaban J connectivity index is 1.57. The zero-order valence-corrected chi connectivity index (χ0v) is 20.2. The Hall–Kier alpha value is -2.61. The number of nitrogens with zero attached hydrogens (tertiary/aromatic N) is 1. The van der Waals surface area contributed by atoms with Crippen LogP contribution in [0.2, 0.25) is 0 Å². The Labute approximate surface area is 199 Å². The first-order valence-corrected chi connectivity index (χ1v) is 12.6. The zero-order valence-electron chi connectivity index (χ0n) is 19.4. The summed E-state index contributed by atoms with van der Waals surface area (Å²) in [6.07, 6.45) is 7.51. The SMILES string of the molecule is CSc1cccc(Oc2ncc(F)cc2C(=O)N[C@H]2CC[C@@H](NC(=O)CCC(C)C)CC2)c1. The summed E-state index contributed by atoms with van der Waals surface area (Å²) in [5.74, 6) is 0.180. The Bertz CT molecular complexity index is 962. The molecule has 1 fully saturated rings. The van der Waals surface area contributed by atoms with E-state index in [4.69, 9.17) is 4.74 Å². The highest BCUT2D eigenvalue weighted by molar-refractivity contribution is 7.98. The quantitative estimate of drug-likeness (QED) is 0.481. The van der Waals surface area contributed by atoms with Crippen molar-refractivity contribution in [1.82, 2.24) is 15.6 Å². The van der Waals surface area contributed by atoms with Gasteiger partial charge >= 0.3 is 0 Å². The molecule has 2 amide bonds. The number of nitrogens with one attached hydrogen (secondary N) is 2. The number of amides is 2. The maximum Gasteiger partial charge on any atom is 0.257 e. The molecule has 1 aromatic carbocycles. The number of ether oxygens (including phenoxy) is 1. The van der Waals surface area contributed by atoms with Crippen LogP contribution in [0.1, 0.15) is 62.7 Å². The summed E-state index contributed by atoms with van der Waals surface area (Å²) in [4.78, 5) is 30.0. The zero-order chi connectivity index (χ0) is 23.8. The molecule has 0 aliphatic heterocycles. The lowest BCUT2D eigenvalue weighted by molar-refractivity contribution is -0.122. The van der Waals surface area contributed by atoms with E-state index in [1.165, 1.54) is 0 Å². The van der Waals surface area contributed by atoms with Gasteiger partial charge in [-0.3, -0.25) is 9.59 Å². The van der Waals surface area contributed by atoms with Crippen molar-refractivity contribution >= 4 is 23.6 Å². The van der Waals surface area contributed by atoms with Gasteiger partial charge < -0.3 is 15.4 Å². The van der Waals surface area contributed by atoms with Gasteiger partial charge in [0.1, 0.15) is 17.1 Å². The van der Waals surface area contributed by atoms with Crippen LogP contribution in [-0.2, 0) is 4.79 Å². The minimum Gasteiger partial charge on any atom is -0.438 e. The minimum atomic E-state index is -0.599. The van der Waals surface area contributed by atoms with Gasteiger partial charge in [0.2, 0.25) is 11.8 Å². The summed E-state index contributed by atoms with van der Waals surface area (Å²) in [5.41, 5.74) is 0.0636. The van der Waals surface area contributed by atoms with Gasteiger partial charge in [-0.25, -0.2) is 9.37 Å². The summed E-state index contributed by atoms with van der Waals surface area (Å²) in [6, 6.07) is 8.65. The van der Waals surface area contributed by atoms with Gasteiger partial charge in [0.15, 0.2) is 0 Å². The third kappa shape index (κ3) is 7.74. The van der Waals surface area contributed by atoms with E-state index in [0.717, 1.165) is 49.3 Å². The van der Waals surface area contributed by atoms with Crippen molar-refractivity contribution < 1.29 is 18.7 Å². The fourth-order valence-corrected chi connectivity index (χ4v) is 4.26. The largest absolute Gasteiger partial charge is 0.438 e. The number of thioether (sulfide) groups is 1. The minimum absolute atomic E-state index is 0.0442. The standard InChI is InChI=1S/C25H32FN3O3S/c1-16(2)7-12-23(30)28-18-8-10-19(11-9-18)29-24(31)22-13-17(26)15-27-25(22)32-20-5-4-6-21(14-20)33-3/h4-6,13-16,18-19H,7-12H2,1-3H3,(H,28,30)(H,29,31)/t18-,19+. The molecular weight excluding hydrogens is 441 g/mol. The van der Waals surface area contributed by atoms with Crippen LogP contribution < -0.4 is 15.4 Å². The van der Waals surface area contributed by atoms with Crippen molar-refractivity contribution in [2.75, 3.05) is 6.26 Å². The first-order chi connectivity index (χ1) is 15.8. The number of benzene rings is 1. The summed E-state index contributed by atoms with van der Waals surface area (Å²) in [5, 5.41) is 6.08. The summed E-state index contributed by atoms with van der Waals surface area (Å²) in [7, 11) is 0. The molecule has 0 unspecified atom stereocenters. The highest BCUT2D eigenvalue weighted by atomic mass is 32.2. The van der Waals surface area contributed by atoms with Gasteiger partial charge in [-0.1, -0.05) is 19.9 Å². The van der Waals surface area contributed by atoms with E-state index >= 15 is 0 Å². The molecule has 33 heavy (non-hydrogen) atoms. The van der Waals surface area contributed by atoms with Gasteiger partial charge in [-0.15, -0.1) is 11.8 Å². The second-order valence-corrected chi connectivity index (χ2v) is 9.69. The van der Waals surface area contributed by atoms with Crippen molar-refractivity contribution in [1.29, 1.82) is 0 Å². The predicted octanol–water partition coefficient (Wildman–Crippen LogP) is 5.33. The Morgan fingerprint density at radius 3 is 2.52 bits per heavy atom. The number of halogens is 1. The van der Waals surface area contributed by atoms with Crippen LogP contribution in [0.4, 0.5) is 4.39 Å². The van der Waals surface area contributed by atoms with Crippen molar-refractivity contribution in [2.24, 2.45) is 5.92 Å². The van der Waals surface area contributed by atoms with E-state index in [1.54, 1.807) is 17.8 Å². The number of hydrogen-bond acceptors (Lipinski definition) is 5. The smallest absolute Gasteiger partial charge is 0.257 e. The molecule has 0 spiro atoms. The summed E-state index contributed by atoms with van der Waals surface area (Å²) in [6.45, 7) is 4.21. The van der Waals surface area contributed by atoms with Crippen LogP contribution in [0.25, 0.3) is 0 Å². The topological polar surface area (TPSA) is 80.3 Å². The van der Waals surface area contributed by atoms with Crippen molar-refractivity contribution in [2.45, 2.75) is 69.4 Å². The predicted molar refractivity (Wildman–Crippen MR) is 128 cm³/mol. The van der Waals surface area contributed by atoms with Gasteiger partial charge in [-0.05, 0) is 68.5 Å². The highest BCUT2D eigenvalue weighted by Crippen LogP contribution is 2.28. The highest BCUT2D eigenvalue weighted by Gasteiger charge is 2.25. The molecule has 3 rings (SSSR count). The lowest BCUT2D eigenvalue weighted by Crippen LogP contribution is -2.43. The number of pyridine rings is 1. The van der Waals surface area contributed by atoms with Gasteiger partial charge in [-0.2, -0.15) is 0 Å². The maximum atomic E-state index is 13.9. The lowest BCUT2D eigenvalue weighted by Gasteiger charge is -2.30. The van der Waals surface area contributed by atoms with Gasteiger partial charge in [0, 0.05) is 23.4 Å². The molecule has 0 bridgehead atoms. The van der Waals surface area contributed by atoms with E-state index < -0.39 is 11.7 Å². The van der Waals surface area contributed by atoms with E-state index in [-0.39, 0.29) is 29.4 Å². The number of rotatable bonds is 9. The first kappa shape index (κ1) is 25.0. The van der Waals surface area contributed by atoms with E-state index in [1.807, 2.05) is 24.5 Å². The number of aromatic nitrogens is 1. The van der Waals surface area contributed by atoms with Crippen LogP contribution >= 0.6 is 11.8 Å². The molecule has 6 nitrogen and oxygen atoms in total. The first-order valence-electron chi connectivity index (χ1n) is 11.4. The number of hydrogen-bond donors (Lipinski definition) is 2. The van der Waals surface area contributed by atoms with Crippen LogP contribution in [0.5, 0.6) is 11.6 Å². The Morgan fingerprint density at radius 2 is 1.85 bits per heavy atom. The molecule has 1 saturated carbocycles. The molecule has 1 aliphatic rings. The monoisotopic (exact) mass is 473 g/mol. The normalized spacial score (nSPS) is 18.1. The van der Waals surface area contributed by atoms with E-state index in [9.17, 15) is 14.0 Å². The van der Waals surface area contributed by atoms with Gasteiger partial charge in [0.25, 0.3) is 5.91 Å². The molecule has 0 saturated heterocycles. The molecule has 2 N–H and O–H groups in total. The second-order valence-electron chi connectivity index (χ2n) is 8.81. The molecule has 2 aromatic rings. The van der Waals surface area contributed by atoms with Crippen LogP contribution in [0.15, 0.2) is 41.4 Å². The van der Waals surface area contributed by atoms with E-state index in [2.05, 4.69) is 29.5 Å². The Kier molecular flexibility index (Phi) is 9.11. The molecule has 1 aromatic heterocycles. The molecule has 0 radical (unpaired) electrons. The van der Waals surface area contributed by atoms with Crippen LogP contribution in [0.3, 0.4) is 0 Å². The average Bonchev–Trinajstić information content (AvgIpc) is 2.80. The van der Waals surface area contributed by atoms with Crippen molar-refractivity contribution in [3.8, 4) is 11.6 Å². The summed E-state index contributed by atoms with van der Waals surface area (Å²) >= 11 is 1.57. The number of carbonyl (C=O) groups is 2. The number of carbonyl (C=O) groups excluding carboxylic acids is 2. The molecular formula is C25H32FN3O3S. The molecule has 1 heterocycles. The fraction of sp³-hybridized carbons (Fsp3) is 0.480. The van der Waals surface area contributed by atoms with E-state index in [0.29, 0.717) is 18.1 Å². The van der Waals surface area contributed by atoms with Crippen LogP contribution in [-0.4, -0.2) is 35.1 Å². The summed E-state index contributed by atoms with van der Waals surface area (Å²) < 4.78 is 19.7. The third-order valence-corrected chi connectivity index (χ3v) is 6.42. The molecule has 8 heteroatoms. The fourth-order valence-electron chi connectivity index (χ4n) is 3.81. The van der Waals surface area contributed by atoms with Crippen molar-refractivity contribution in [3.63, 3.8) is 0 Å². The average molecular weight is 474 g/mol. The molecule has 0 atom stereocenters. The second kappa shape index (κ2) is 12.0. The third-order valence-electron chi connectivity index (χ3n) is 5.69. The van der Waals surface area contributed by atoms with Crippen molar-refractivity contribution in [3.05, 3.63) is 47.9 Å². The van der Waals surface area contributed by atoms with Crippen LogP contribution in [0, 0.1) is 11.7 Å².